The second-order valence-electron chi connectivity index (χ2n) is 14.5. The van der Waals surface area contributed by atoms with Crippen LogP contribution >= 0.6 is 0 Å². The third kappa shape index (κ3) is 8.20. The number of nitrogens with zero attached hydrogens (tertiary/aromatic N) is 8. The Morgan fingerprint density at radius 1 is 0.610 bits per heavy atom. The van der Waals surface area contributed by atoms with E-state index in [9.17, 15) is 18.4 Å². The minimum atomic E-state index is -0.333. The van der Waals surface area contributed by atoms with Crippen molar-refractivity contribution < 1.29 is 8.78 Å². The Hall–Kier alpha value is -6.70. The zero-order valence-corrected chi connectivity index (χ0v) is 32.6. The fourth-order valence-electron chi connectivity index (χ4n) is 7.57. The summed E-state index contributed by atoms with van der Waals surface area (Å²) in [7, 11) is 0. The molecule has 0 unspecified atom stereocenters. The van der Waals surface area contributed by atoms with Gasteiger partial charge in [0.15, 0.2) is 0 Å². The molecule has 12 nitrogen and oxygen atoms in total. The van der Waals surface area contributed by atoms with Crippen molar-refractivity contribution in [2.45, 2.75) is 85.7 Å². The Kier molecular flexibility index (Phi) is 12.0. The monoisotopic (exact) mass is 798 g/mol. The molecule has 0 amide bonds. The molecule has 6 heterocycles. The molecule has 9 rings (SSSR count). The molecule has 0 radical (unpaired) electrons. The SMILES string of the molecule is C.CC[C@H](C)Nc1nccc(-c2c(-c3ccc(F)cc3)c(=O)n3n2CCC3)n1.C[C@H](Nc1nccc(-c2c(-c3ccc(F)cc3)c(=O)n3n2CCC3)n1)c1ccccc1. The highest BCUT2D eigenvalue weighted by molar-refractivity contribution is 5.80. The molecule has 0 saturated carbocycles. The van der Waals surface area contributed by atoms with E-state index in [2.05, 4.69) is 58.5 Å². The topological polar surface area (TPSA) is 129 Å². The van der Waals surface area contributed by atoms with E-state index in [1.165, 1.54) is 24.3 Å². The largest absolute Gasteiger partial charge is 0.352 e. The second-order valence-corrected chi connectivity index (χ2v) is 14.5. The molecule has 3 aromatic carbocycles. The van der Waals surface area contributed by atoms with Gasteiger partial charge in [0.1, 0.15) is 11.6 Å². The lowest BCUT2D eigenvalue weighted by molar-refractivity contribution is 0.599. The molecule has 59 heavy (non-hydrogen) atoms. The van der Waals surface area contributed by atoms with Crippen molar-refractivity contribution in [3.63, 3.8) is 0 Å². The van der Waals surface area contributed by atoms with Crippen molar-refractivity contribution in [3.05, 3.63) is 141 Å². The van der Waals surface area contributed by atoms with Gasteiger partial charge < -0.3 is 10.6 Å². The first kappa shape index (κ1) is 40.5. The summed E-state index contributed by atoms with van der Waals surface area (Å²) in [6.07, 6.45) is 6.16. The maximum atomic E-state index is 13.5. The molecule has 0 aliphatic carbocycles. The molecule has 2 N–H and O–H groups in total. The lowest BCUT2D eigenvalue weighted by Gasteiger charge is -2.15. The van der Waals surface area contributed by atoms with Gasteiger partial charge >= 0.3 is 0 Å². The zero-order chi connectivity index (χ0) is 40.3. The van der Waals surface area contributed by atoms with Crippen LogP contribution in [0.25, 0.3) is 45.0 Å². The first-order chi connectivity index (χ1) is 28.2. The fraction of sp³-hybridized carbons (Fsp3) is 0.289. The molecule has 0 saturated heterocycles. The van der Waals surface area contributed by atoms with Gasteiger partial charge in [-0.2, -0.15) is 0 Å². The van der Waals surface area contributed by atoms with Crippen molar-refractivity contribution in [3.8, 4) is 45.0 Å². The Morgan fingerprint density at radius 3 is 1.51 bits per heavy atom. The molecule has 2 atom stereocenters. The Balaban J connectivity index is 0.000000178. The molecular formula is C45H48F2N10O2. The molecular weight excluding hydrogens is 751 g/mol. The standard InChI is InChI=1S/C24H22FN5O.C20H22FN5O.CH4/c1-16(17-6-3-2-4-7-17)27-24-26-13-12-20(28-24)22-21(18-8-10-19(25)11-9-18)23(31)30-15-5-14-29(22)30;1-3-13(2)23-20-22-10-9-16(24-20)18-17(14-5-7-15(21)8-6-14)19(27)26-12-4-11-25(18)26;/h2-4,6-13,16H,5,14-15H2,1H3,(H,26,27,28);5-10,13H,3-4,11-12H2,1-2H3,(H,22,23,24);1H4/t16-;13-;/m00./s1. The predicted molar refractivity (Wildman–Crippen MR) is 228 cm³/mol. The third-order valence-electron chi connectivity index (χ3n) is 10.6. The van der Waals surface area contributed by atoms with Crippen LogP contribution in [0.15, 0.2) is 113 Å². The van der Waals surface area contributed by atoms with E-state index in [-0.39, 0.29) is 42.3 Å². The molecule has 304 valence electrons. The molecule has 0 bridgehead atoms. The summed E-state index contributed by atoms with van der Waals surface area (Å²) in [5.74, 6) is 0.373. The minimum Gasteiger partial charge on any atom is -0.352 e. The summed E-state index contributed by atoms with van der Waals surface area (Å²) in [5, 5.41) is 6.62. The molecule has 0 fully saturated rings. The van der Waals surface area contributed by atoms with Crippen molar-refractivity contribution in [1.29, 1.82) is 0 Å². The lowest BCUT2D eigenvalue weighted by Crippen LogP contribution is -2.17. The average Bonchev–Trinajstić information content (AvgIpc) is 4.03. The van der Waals surface area contributed by atoms with Crippen LogP contribution in [-0.2, 0) is 26.2 Å². The number of nitrogens with one attached hydrogen (secondary N) is 2. The van der Waals surface area contributed by atoms with Crippen LogP contribution in [0.2, 0.25) is 0 Å². The molecule has 4 aromatic heterocycles. The number of rotatable bonds is 10. The van der Waals surface area contributed by atoms with Gasteiger partial charge in [-0.05, 0) is 86.2 Å². The normalized spacial score (nSPS) is 13.7. The van der Waals surface area contributed by atoms with Gasteiger partial charge in [0.2, 0.25) is 11.9 Å². The molecule has 7 aromatic rings. The summed E-state index contributed by atoms with van der Waals surface area (Å²) >= 11 is 0. The zero-order valence-electron chi connectivity index (χ0n) is 32.6. The maximum Gasteiger partial charge on any atom is 0.275 e. The second kappa shape index (κ2) is 17.4. The summed E-state index contributed by atoms with van der Waals surface area (Å²) < 4.78 is 34.3. The van der Waals surface area contributed by atoms with Gasteiger partial charge in [0.25, 0.3) is 11.1 Å². The van der Waals surface area contributed by atoms with Gasteiger partial charge in [0.05, 0.1) is 39.9 Å². The Labute approximate surface area is 341 Å². The van der Waals surface area contributed by atoms with Crippen LogP contribution in [-0.4, -0.2) is 44.7 Å². The van der Waals surface area contributed by atoms with E-state index in [1.54, 1.807) is 46.0 Å². The Morgan fingerprint density at radius 2 is 1.05 bits per heavy atom. The molecule has 0 spiro atoms. The van der Waals surface area contributed by atoms with E-state index in [0.29, 0.717) is 58.6 Å². The van der Waals surface area contributed by atoms with Gasteiger partial charge in [-0.1, -0.05) is 68.9 Å². The van der Waals surface area contributed by atoms with Gasteiger partial charge in [0, 0.05) is 44.6 Å². The number of halogens is 2. The minimum absolute atomic E-state index is 0. The summed E-state index contributed by atoms with van der Waals surface area (Å²) in [5.41, 5.74) is 6.32. The number of hydrogen-bond donors (Lipinski definition) is 2. The number of fused-ring (bicyclic) bond motifs is 2. The highest BCUT2D eigenvalue weighted by Crippen LogP contribution is 2.33. The smallest absolute Gasteiger partial charge is 0.275 e. The van der Waals surface area contributed by atoms with Crippen molar-refractivity contribution in [2.24, 2.45) is 0 Å². The van der Waals surface area contributed by atoms with Gasteiger partial charge in [-0.15, -0.1) is 0 Å². The first-order valence-corrected chi connectivity index (χ1v) is 19.6. The summed E-state index contributed by atoms with van der Waals surface area (Å²) in [6, 6.07) is 26.1. The van der Waals surface area contributed by atoms with Crippen LogP contribution < -0.4 is 21.8 Å². The maximum absolute atomic E-state index is 13.5. The van der Waals surface area contributed by atoms with E-state index in [0.717, 1.165) is 49.3 Å². The lowest BCUT2D eigenvalue weighted by atomic mass is 10.0. The van der Waals surface area contributed by atoms with E-state index in [4.69, 9.17) is 4.98 Å². The summed E-state index contributed by atoms with van der Waals surface area (Å²) in [6.45, 7) is 9.04. The Bertz CT molecular complexity index is 2670. The van der Waals surface area contributed by atoms with E-state index >= 15 is 0 Å². The van der Waals surface area contributed by atoms with Crippen molar-refractivity contribution in [1.82, 2.24) is 38.7 Å². The van der Waals surface area contributed by atoms with Crippen molar-refractivity contribution >= 4 is 11.9 Å². The molecule has 2 aliphatic rings. The molecule has 2 aliphatic heterocycles. The van der Waals surface area contributed by atoms with E-state index in [1.807, 2.05) is 39.7 Å². The fourth-order valence-corrected chi connectivity index (χ4v) is 7.57. The highest BCUT2D eigenvalue weighted by atomic mass is 19.1. The van der Waals surface area contributed by atoms with Crippen LogP contribution in [0.1, 0.15) is 59.1 Å². The van der Waals surface area contributed by atoms with E-state index < -0.39 is 0 Å². The molecule has 14 heteroatoms. The van der Waals surface area contributed by atoms with Crippen LogP contribution in [0.5, 0.6) is 0 Å². The first-order valence-electron chi connectivity index (χ1n) is 19.6. The highest BCUT2D eigenvalue weighted by Gasteiger charge is 2.28. The van der Waals surface area contributed by atoms with Crippen molar-refractivity contribution in [2.75, 3.05) is 10.6 Å². The van der Waals surface area contributed by atoms with Crippen LogP contribution in [0, 0.1) is 11.6 Å². The number of hydrogen-bond acceptors (Lipinski definition) is 8. The summed E-state index contributed by atoms with van der Waals surface area (Å²) in [4.78, 5) is 44.3. The average molecular weight is 799 g/mol. The van der Waals surface area contributed by atoms with Gasteiger partial charge in [-0.3, -0.25) is 19.0 Å². The number of benzene rings is 3. The quantitative estimate of drug-likeness (QED) is 0.141. The third-order valence-corrected chi connectivity index (χ3v) is 10.6. The number of anilines is 2. The van der Waals surface area contributed by atoms with Crippen LogP contribution in [0.3, 0.4) is 0 Å². The predicted octanol–water partition coefficient (Wildman–Crippen LogP) is 8.65. The van der Waals surface area contributed by atoms with Crippen LogP contribution in [0.4, 0.5) is 20.7 Å². The number of aromatic nitrogens is 8. The van der Waals surface area contributed by atoms with Gasteiger partial charge in [-0.25, -0.2) is 38.1 Å².